The number of thiazole rings is 1. The number of hydrogen-bond acceptors (Lipinski definition) is 4. The highest BCUT2D eigenvalue weighted by Crippen LogP contribution is 2.34. The molecule has 3 heterocycles. The quantitative estimate of drug-likeness (QED) is 0.251. The van der Waals surface area contributed by atoms with Crippen molar-refractivity contribution in [3.63, 3.8) is 0 Å². The fraction of sp³-hybridized carbons (Fsp3) is 0.0400. The zero-order valence-electron chi connectivity index (χ0n) is 17.1. The molecule has 4 nitrogen and oxygen atoms in total. The molecule has 0 radical (unpaired) electrons. The number of nitrogens with zero attached hydrogens (tertiary/aromatic N) is 4. The lowest BCUT2D eigenvalue weighted by Crippen LogP contribution is -2.12. The van der Waals surface area contributed by atoms with E-state index in [1.54, 1.807) is 12.1 Å². The van der Waals surface area contributed by atoms with E-state index in [0.29, 0.717) is 0 Å². The van der Waals surface area contributed by atoms with Crippen molar-refractivity contribution < 1.29 is 4.39 Å². The van der Waals surface area contributed by atoms with Gasteiger partial charge in [-0.25, -0.2) is 14.4 Å². The molecule has 32 heavy (non-hydrogen) atoms. The van der Waals surface area contributed by atoms with Crippen LogP contribution < -0.4 is 4.90 Å². The van der Waals surface area contributed by atoms with Crippen LogP contribution in [0.4, 0.5) is 15.3 Å². The molecule has 0 bridgehead atoms. The fourth-order valence-electron chi connectivity index (χ4n) is 3.47. The summed E-state index contributed by atoms with van der Waals surface area (Å²) >= 11 is 5.10. The molecule has 158 valence electrons. The Morgan fingerprint density at radius 3 is 2.53 bits per heavy atom. The Kier molecular flexibility index (Phi) is 5.59. The lowest BCUT2D eigenvalue weighted by Gasteiger charge is -2.16. The van der Waals surface area contributed by atoms with Crippen molar-refractivity contribution >= 4 is 56.0 Å². The third kappa shape index (κ3) is 4.09. The third-order valence-corrected chi connectivity index (χ3v) is 6.44. The second-order valence-corrected chi connectivity index (χ2v) is 8.97. The largest absolute Gasteiger partial charge is 0.305 e. The molecule has 0 unspecified atom stereocenters. The van der Waals surface area contributed by atoms with Gasteiger partial charge in [-0.2, -0.15) is 0 Å². The second-order valence-electron chi connectivity index (χ2n) is 7.22. The lowest BCUT2D eigenvalue weighted by molar-refractivity contribution is 0.628. The van der Waals surface area contributed by atoms with Crippen LogP contribution in [0.3, 0.4) is 0 Å². The van der Waals surface area contributed by atoms with Gasteiger partial charge < -0.3 is 4.90 Å². The minimum atomic E-state index is -0.257. The van der Waals surface area contributed by atoms with Gasteiger partial charge >= 0.3 is 0 Å². The van der Waals surface area contributed by atoms with Crippen LogP contribution in [0.2, 0.25) is 0 Å². The van der Waals surface area contributed by atoms with Gasteiger partial charge in [0.05, 0.1) is 5.69 Å². The molecule has 2 aromatic carbocycles. The molecule has 0 N–H and O–H groups in total. The van der Waals surface area contributed by atoms with Crippen molar-refractivity contribution in [1.29, 1.82) is 0 Å². The van der Waals surface area contributed by atoms with Gasteiger partial charge in [0.15, 0.2) is 5.13 Å². The van der Waals surface area contributed by atoms with E-state index in [-0.39, 0.29) is 5.82 Å². The highest BCUT2D eigenvalue weighted by Gasteiger charge is 2.19. The van der Waals surface area contributed by atoms with E-state index in [1.807, 2.05) is 64.3 Å². The Labute approximate surface area is 197 Å². The van der Waals surface area contributed by atoms with E-state index in [0.717, 1.165) is 43.6 Å². The predicted octanol–water partition coefficient (Wildman–Crippen LogP) is 7.30. The van der Waals surface area contributed by atoms with Crippen LogP contribution in [0.5, 0.6) is 0 Å². The van der Waals surface area contributed by atoms with E-state index in [1.165, 1.54) is 23.5 Å². The van der Waals surface area contributed by atoms with Crippen LogP contribution in [0.1, 0.15) is 11.3 Å². The third-order valence-electron chi connectivity index (χ3n) is 5.05. The van der Waals surface area contributed by atoms with Gasteiger partial charge in [0.2, 0.25) is 0 Å². The van der Waals surface area contributed by atoms with E-state index in [4.69, 9.17) is 9.97 Å². The highest BCUT2D eigenvalue weighted by molar-refractivity contribution is 9.10. The van der Waals surface area contributed by atoms with Gasteiger partial charge in [-0.3, -0.25) is 4.40 Å². The maximum absolute atomic E-state index is 13.3. The highest BCUT2D eigenvalue weighted by atomic mass is 79.9. The summed E-state index contributed by atoms with van der Waals surface area (Å²) in [5.41, 5.74) is 4.49. The number of aromatic nitrogens is 3. The predicted molar refractivity (Wildman–Crippen MR) is 134 cm³/mol. The van der Waals surface area contributed by atoms with E-state index in [9.17, 15) is 4.39 Å². The van der Waals surface area contributed by atoms with Gasteiger partial charge in [-0.05, 0) is 64.0 Å². The van der Waals surface area contributed by atoms with Gasteiger partial charge in [-0.1, -0.05) is 36.4 Å². The van der Waals surface area contributed by atoms with Crippen LogP contribution in [0.25, 0.3) is 29.1 Å². The number of halogens is 2. The van der Waals surface area contributed by atoms with Crippen molar-refractivity contribution in [1.82, 2.24) is 14.4 Å². The first-order chi connectivity index (χ1) is 15.6. The van der Waals surface area contributed by atoms with Crippen molar-refractivity contribution in [3.05, 3.63) is 99.9 Å². The lowest BCUT2D eigenvalue weighted by atomic mass is 10.2. The Morgan fingerprint density at radius 1 is 0.969 bits per heavy atom. The van der Waals surface area contributed by atoms with Gasteiger partial charge in [-0.15, -0.1) is 11.3 Å². The van der Waals surface area contributed by atoms with Gasteiger partial charge in [0.25, 0.3) is 0 Å². The van der Waals surface area contributed by atoms with Gasteiger partial charge in [0, 0.05) is 28.7 Å². The molecular formula is C25H18BrFN4S. The van der Waals surface area contributed by atoms with Crippen LogP contribution in [0.15, 0.2) is 82.8 Å². The molecule has 0 amide bonds. The summed E-state index contributed by atoms with van der Waals surface area (Å²) in [6.07, 6.45) is 6.08. The van der Waals surface area contributed by atoms with Crippen LogP contribution in [0, 0.1) is 5.82 Å². The molecule has 0 aliphatic rings. The minimum Gasteiger partial charge on any atom is -0.305 e. The monoisotopic (exact) mass is 504 g/mol. The first kappa shape index (κ1) is 20.6. The van der Waals surface area contributed by atoms with E-state index < -0.39 is 0 Å². The normalized spacial score (nSPS) is 11.5. The molecule has 3 aromatic heterocycles. The molecule has 5 aromatic rings. The van der Waals surface area contributed by atoms with Gasteiger partial charge in [0.1, 0.15) is 23.0 Å². The van der Waals surface area contributed by atoms with Crippen LogP contribution in [-0.2, 0) is 0 Å². The summed E-state index contributed by atoms with van der Waals surface area (Å²) in [5, 5.41) is 2.80. The smallest absolute Gasteiger partial charge is 0.191 e. The zero-order chi connectivity index (χ0) is 22.1. The summed E-state index contributed by atoms with van der Waals surface area (Å²) in [7, 11) is 1.98. The molecule has 0 saturated carbocycles. The van der Waals surface area contributed by atoms with Crippen molar-refractivity contribution in [2.45, 2.75) is 0 Å². The molecule has 0 fully saturated rings. The zero-order valence-corrected chi connectivity index (χ0v) is 19.5. The summed E-state index contributed by atoms with van der Waals surface area (Å²) < 4.78 is 16.3. The first-order valence-corrected chi connectivity index (χ1v) is 11.6. The molecule has 0 aliphatic heterocycles. The standard InChI is InChI=1S/C25H18BrFN4S/c1-30(25-29-22(16-32-25)18-8-11-20(27)12-9-18)24-21(13-7-17-5-3-2-4-6-17)28-23-14-10-19(26)15-31(23)24/h2-16H,1H3/b13-7+. The molecule has 0 atom stereocenters. The number of pyridine rings is 1. The number of benzene rings is 2. The summed E-state index contributed by atoms with van der Waals surface area (Å²) in [4.78, 5) is 11.7. The summed E-state index contributed by atoms with van der Waals surface area (Å²) in [6.45, 7) is 0. The minimum absolute atomic E-state index is 0.257. The maximum Gasteiger partial charge on any atom is 0.191 e. The van der Waals surface area contributed by atoms with Crippen molar-refractivity contribution in [3.8, 4) is 11.3 Å². The molecule has 0 spiro atoms. The summed E-state index contributed by atoms with van der Waals surface area (Å²) in [6, 6.07) is 20.5. The van der Waals surface area contributed by atoms with E-state index in [2.05, 4.69) is 34.1 Å². The van der Waals surface area contributed by atoms with Crippen molar-refractivity contribution in [2.24, 2.45) is 0 Å². The average molecular weight is 505 g/mol. The number of imidazole rings is 1. The van der Waals surface area contributed by atoms with Crippen LogP contribution >= 0.6 is 27.3 Å². The number of rotatable bonds is 5. The SMILES string of the molecule is CN(c1nc(-c2ccc(F)cc2)cs1)c1c(/C=C/c2ccccc2)nc2ccc(Br)cn12. The van der Waals surface area contributed by atoms with Crippen LogP contribution in [-0.4, -0.2) is 21.4 Å². The second kappa shape index (κ2) is 8.68. The molecule has 0 aliphatic carbocycles. The van der Waals surface area contributed by atoms with E-state index >= 15 is 0 Å². The van der Waals surface area contributed by atoms with Crippen molar-refractivity contribution in [2.75, 3.05) is 11.9 Å². The number of hydrogen-bond donors (Lipinski definition) is 0. The Bertz CT molecular complexity index is 1410. The number of anilines is 2. The molecule has 7 heteroatoms. The molecular weight excluding hydrogens is 487 g/mol. The Hall–Kier alpha value is -3.29. The maximum atomic E-state index is 13.3. The Balaban J connectivity index is 1.57. The fourth-order valence-corrected chi connectivity index (χ4v) is 4.61. The molecule has 0 saturated heterocycles. The topological polar surface area (TPSA) is 33.4 Å². The average Bonchev–Trinajstić information content (AvgIpc) is 3.43. The Morgan fingerprint density at radius 2 is 1.75 bits per heavy atom. The first-order valence-electron chi connectivity index (χ1n) is 9.94. The number of fused-ring (bicyclic) bond motifs is 1. The summed E-state index contributed by atoms with van der Waals surface area (Å²) in [5.74, 6) is 0.654. The molecule has 5 rings (SSSR count).